The average molecular weight is 372 g/mol. The topological polar surface area (TPSA) is 0 Å². The Balaban J connectivity index is 1.82. The highest BCUT2D eigenvalue weighted by Gasteiger charge is 2.31. The summed E-state index contributed by atoms with van der Waals surface area (Å²) in [5.41, 5.74) is 0. The van der Waals surface area contributed by atoms with Crippen molar-refractivity contribution in [2.24, 2.45) is 0 Å². The normalized spacial score (nSPS) is 10.8. The van der Waals surface area contributed by atoms with Crippen molar-refractivity contribution in [2.45, 2.75) is 24.5 Å². The molecule has 0 bridgehead atoms. The highest BCUT2D eigenvalue weighted by Crippen LogP contribution is 2.39. The first-order valence-electron chi connectivity index (χ1n) is 8.58. The zero-order chi connectivity index (χ0) is 17.6. The third-order valence-electron chi connectivity index (χ3n) is 4.00. The van der Waals surface area contributed by atoms with Crippen LogP contribution in [0.4, 0.5) is 0 Å². The van der Waals surface area contributed by atoms with Crippen LogP contribution in [0, 0.1) is 0 Å². The average Bonchev–Trinajstić information content (AvgIpc) is 2.72. The van der Waals surface area contributed by atoms with Crippen molar-refractivity contribution in [3.8, 4) is 0 Å². The van der Waals surface area contributed by atoms with Gasteiger partial charge in [0.25, 0.3) is 0 Å². The molecule has 4 aromatic carbocycles. The summed E-state index contributed by atoms with van der Waals surface area (Å²) in [4.78, 5) is 6.65. The molecule has 0 N–H and O–H groups in total. The lowest BCUT2D eigenvalue weighted by molar-refractivity contribution is 1.20. The lowest BCUT2D eigenvalue weighted by atomic mass is 10.3. The highest BCUT2D eigenvalue weighted by atomic mass is 32.2. The zero-order valence-electron chi connectivity index (χ0n) is 14.3. The third-order valence-corrected chi connectivity index (χ3v) is 7.49. The van der Waals surface area contributed by atoms with E-state index in [0.29, 0.717) is 0 Å². The Labute approximate surface area is 162 Å². The fraction of sp³-hybridized carbons (Fsp3) is 0. The van der Waals surface area contributed by atoms with Crippen LogP contribution >= 0.6 is 11.8 Å². The molecule has 4 rings (SSSR count). The van der Waals surface area contributed by atoms with Crippen LogP contribution in [0.1, 0.15) is 0 Å². The second kappa shape index (κ2) is 8.31. The van der Waals surface area contributed by atoms with Gasteiger partial charge >= 0.3 is 0 Å². The van der Waals surface area contributed by atoms with Crippen LogP contribution in [-0.2, 0) is 10.9 Å². The molecule has 2 heteroatoms. The Morgan fingerprint density at radius 1 is 0.462 bits per heavy atom. The molecule has 0 aliphatic carbocycles. The minimum absolute atomic E-state index is 0.121. The van der Waals surface area contributed by atoms with Gasteiger partial charge in [-0.2, -0.15) is 0 Å². The summed E-state index contributed by atoms with van der Waals surface area (Å²) in [6.45, 7) is 0. The molecule has 4 aromatic rings. The standard InChI is InChI=1S/C24H19S2/c1-4-12-20(13-5-1)25-23-18-10-11-19-24(23)26(21-14-6-2-7-15-21)22-16-8-3-9-17-22/h1-19H/q+1. The molecule has 0 aromatic heterocycles. The van der Waals surface area contributed by atoms with E-state index >= 15 is 0 Å². The van der Waals surface area contributed by atoms with E-state index in [1.54, 1.807) is 0 Å². The predicted molar refractivity (Wildman–Crippen MR) is 112 cm³/mol. The van der Waals surface area contributed by atoms with E-state index in [-0.39, 0.29) is 10.9 Å². The summed E-state index contributed by atoms with van der Waals surface area (Å²) in [7, 11) is -0.121. The summed E-state index contributed by atoms with van der Waals surface area (Å²) in [5, 5.41) is 0. The van der Waals surface area contributed by atoms with Crippen molar-refractivity contribution in [1.82, 2.24) is 0 Å². The number of rotatable bonds is 5. The van der Waals surface area contributed by atoms with Crippen LogP contribution in [0.2, 0.25) is 0 Å². The smallest absolute Gasteiger partial charge is 0.0848 e. The first-order chi connectivity index (χ1) is 12.9. The van der Waals surface area contributed by atoms with Crippen molar-refractivity contribution >= 4 is 22.7 Å². The molecular formula is C24H19S2+. The van der Waals surface area contributed by atoms with Gasteiger partial charge < -0.3 is 0 Å². The number of hydrogen-bond donors (Lipinski definition) is 0. The van der Waals surface area contributed by atoms with E-state index in [2.05, 4.69) is 115 Å². The van der Waals surface area contributed by atoms with Gasteiger partial charge in [-0.05, 0) is 48.5 Å². The van der Waals surface area contributed by atoms with Crippen molar-refractivity contribution < 1.29 is 0 Å². The fourth-order valence-corrected chi connectivity index (χ4v) is 6.18. The van der Waals surface area contributed by atoms with E-state index in [0.717, 1.165) is 0 Å². The molecule has 0 aliphatic heterocycles. The molecule has 0 heterocycles. The minimum Gasteiger partial charge on any atom is -0.0848 e. The van der Waals surface area contributed by atoms with Crippen LogP contribution < -0.4 is 0 Å². The van der Waals surface area contributed by atoms with Crippen LogP contribution in [0.15, 0.2) is 140 Å². The monoisotopic (exact) mass is 371 g/mol. The quantitative estimate of drug-likeness (QED) is 0.343. The molecule has 0 fully saturated rings. The first kappa shape index (κ1) is 17.0. The van der Waals surface area contributed by atoms with Crippen molar-refractivity contribution in [1.29, 1.82) is 0 Å². The van der Waals surface area contributed by atoms with Gasteiger partial charge in [0.05, 0.1) is 4.90 Å². The first-order valence-corrected chi connectivity index (χ1v) is 10.6. The second-order valence-electron chi connectivity index (χ2n) is 5.79. The SMILES string of the molecule is c1ccc(Sc2ccccc2[S+](c2ccccc2)c2ccccc2)cc1. The summed E-state index contributed by atoms with van der Waals surface area (Å²) in [6.07, 6.45) is 0. The molecule has 0 amide bonds. The fourth-order valence-electron chi connectivity index (χ4n) is 2.82. The molecule has 0 nitrogen and oxygen atoms in total. The van der Waals surface area contributed by atoms with Gasteiger partial charge in [0.2, 0.25) is 0 Å². The van der Waals surface area contributed by atoms with Crippen LogP contribution in [0.25, 0.3) is 0 Å². The molecule has 0 unspecified atom stereocenters. The third kappa shape index (κ3) is 3.87. The Morgan fingerprint density at radius 2 is 0.923 bits per heavy atom. The summed E-state index contributed by atoms with van der Waals surface area (Å²) >= 11 is 1.84. The van der Waals surface area contributed by atoms with Crippen molar-refractivity contribution in [3.05, 3.63) is 115 Å². The molecule has 0 radical (unpaired) electrons. The molecule has 126 valence electrons. The second-order valence-corrected chi connectivity index (χ2v) is 8.90. The van der Waals surface area contributed by atoms with E-state index in [1.807, 2.05) is 11.8 Å². The van der Waals surface area contributed by atoms with E-state index in [9.17, 15) is 0 Å². The predicted octanol–water partition coefficient (Wildman–Crippen LogP) is 6.93. The number of hydrogen-bond acceptors (Lipinski definition) is 1. The molecule has 0 saturated heterocycles. The Bertz CT molecular complexity index is 911. The minimum atomic E-state index is -0.121. The Morgan fingerprint density at radius 3 is 1.50 bits per heavy atom. The lowest BCUT2D eigenvalue weighted by Gasteiger charge is -2.11. The van der Waals surface area contributed by atoms with Gasteiger partial charge in [-0.25, -0.2) is 0 Å². The largest absolute Gasteiger partial charge is 0.180 e. The van der Waals surface area contributed by atoms with E-state index in [1.165, 1.54) is 24.5 Å². The Hall–Kier alpha value is -2.42. The van der Waals surface area contributed by atoms with Gasteiger partial charge in [0.1, 0.15) is 10.9 Å². The van der Waals surface area contributed by atoms with Gasteiger partial charge in [0.15, 0.2) is 14.7 Å². The summed E-state index contributed by atoms with van der Waals surface area (Å²) < 4.78 is 0. The molecule has 0 spiro atoms. The molecule has 0 aliphatic rings. The van der Waals surface area contributed by atoms with Crippen molar-refractivity contribution in [2.75, 3.05) is 0 Å². The van der Waals surface area contributed by atoms with E-state index in [4.69, 9.17) is 0 Å². The van der Waals surface area contributed by atoms with Crippen LogP contribution in [0.5, 0.6) is 0 Å². The van der Waals surface area contributed by atoms with Crippen molar-refractivity contribution in [3.63, 3.8) is 0 Å². The van der Waals surface area contributed by atoms with Gasteiger partial charge in [-0.3, -0.25) is 0 Å². The Kier molecular flexibility index (Phi) is 5.44. The van der Waals surface area contributed by atoms with Gasteiger partial charge in [0, 0.05) is 4.90 Å². The lowest BCUT2D eigenvalue weighted by Crippen LogP contribution is -2.05. The molecule has 0 atom stereocenters. The molecule has 26 heavy (non-hydrogen) atoms. The summed E-state index contributed by atoms with van der Waals surface area (Å²) in [5.74, 6) is 0. The maximum absolute atomic E-state index is 2.27. The van der Waals surface area contributed by atoms with Gasteiger partial charge in [-0.15, -0.1) is 0 Å². The summed E-state index contributed by atoms with van der Waals surface area (Å²) in [6, 6.07) is 41.0. The highest BCUT2D eigenvalue weighted by molar-refractivity contribution is 8.01. The maximum Gasteiger partial charge on any atom is 0.180 e. The zero-order valence-corrected chi connectivity index (χ0v) is 15.9. The van der Waals surface area contributed by atoms with Crippen LogP contribution in [0.3, 0.4) is 0 Å². The molecular weight excluding hydrogens is 352 g/mol. The molecule has 0 saturated carbocycles. The number of benzene rings is 4. The van der Waals surface area contributed by atoms with Crippen LogP contribution in [-0.4, -0.2) is 0 Å². The van der Waals surface area contributed by atoms with E-state index < -0.39 is 0 Å². The van der Waals surface area contributed by atoms with Gasteiger partial charge in [-0.1, -0.05) is 78.5 Å². The maximum atomic E-state index is 2.27.